The van der Waals surface area contributed by atoms with Crippen LogP contribution in [0.4, 0.5) is 0 Å². The Hall–Kier alpha value is -4.70. The molecule has 0 spiro atoms. The molecule has 166 valence electrons. The van der Waals surface area contributed by atoms with Gasteiger partial charge in [-0.05, 0) is 53.1 Å². The van der Waals surface area contributed by atoms with E-state index >= 15 is 0 Å². The molecule has 0 radical (unpaired) electrons. The SMILES string of the molecule is C1=CC2NC(c3ccc(-c4ccc5oc6cc7oc8ccccc8c7cc6c5c4)cc3)=CN2C=C1. The number of furan rings is 2. The van der Waals surface area contributed by atoms with Gasteiger partial charge in [0.05, 0.1) is 5.70 Å². The van der Waals surface area contributed by atoms with Gasteiger partial charge in [-0.25, -0.2) is 0 Å². The van der Waals surface area contributed by atoms with Crippen LogP contribution in [-0.2, 0) is 0 Å². The van der Waals surface area contributed by atoms with Gasteiger partial charge in [-0.1, -0.05) is 54.6 Å². The van der Waals surface area contributed by atoms with Crippen molar-refractivity contribution in [1.29, 1.82) is 0 Å². The molecule has 1 unspecified atom stereocenters. The zero-order valence-electron chi connectivity index (χ0n) is 18.7. The van der Waals surface area contributed by atoms with Crippen LogP contribution in [0.15, 0.2) is 118 Å². The number of nitrogens with zero attached hydrogens (tertiary/aromatic N) is 1. The number of allylic oxidation sites excluding steroid dienone is 2. The second-order valence-corrected chi connectivity index (χ2v) is 9.14. The Balaban J connectivity index is 1.20. The normalized spacial score (nSPS) is 17.0. The van der Waals surface area contributed by atoms with Crippen LogP contribution in [0, 0.1) is 0 Å². The van der Waals surface area contributed by atoms with Crippen molar-refractivity contribution in [2.75, 3.05) is 0 Å². The average Bonchev–Trinajstić information content (AvgIpc) is 3.59. The van der Waals surface area contributed by atoms with Gasteiger partial charge in [-0.3, -0.25) is 0 Å². The summed E-state index contributed by atoms with van der Waals surface area (Å²) in [5, 5.41) is 8.03. The lowest BCUT2D eigenvalue weighted by molar-refractivity contribution is 0.427. The zero-order chi connectivity index (χ0) is 22.9. The summed E-state index contributed by atoms with van der Waals surface area (Å²) in [4.78, 5) is 2.18. The molecule has 1 atom stereocenters. The van der Waals surface area contributed by atoms with Crippen LogP contribution in [0.5, 0.6) is 0 Å². The summed E-state index contributed by atoms with van der Waals surface area (Å²) in [7, 11) is 0. The quantitative estimate of drug-likeness (QED) is 0.291. The molecule has 0 saturated heterocycles. The first-order chi connectivity index (χ1) is 17.3. The maximum Gasteiger partial charge on any atom is 0.139 e. The first-order valence-corrected chi connectivity index (χ1v) is 11.8. The van der Waals surface area contributed by atoms with E-state index in [1.165, 1.54) is 16.7 Å². The molecular weight excluding hydrogens is 432 g/mol. The van der Waals surface area contributed by atoms with Gasteiger partial charge in [0.1, 0.15) is 28.5 Å². The molecule has 6 aromatic rings. The lowest BCUT2D eigenvalue weighted by atomic mass is 10.0. The largest absolute Gasteiger partial charge is 0.456 e. The number of hydrogen-bond donors (Lipinski definition) is 1. The van der Waals surface area contributed by atoms with Crippen LogP contribution in [0.2, 0.25) is 0 Å². The number of nitrogens with one attached hydrogen (secondary N) is 1. The van der Waals surface area contributed by atoms with Gasteiger partial charge >= 0.3 is 0 Å². The molecule has 4 aromatic carbocycles. The standard InChI is InChI=1S/C31H20N2O2/c1-2-6-27-22(5-1)24-16-25-23-15-21(12-13-28(23)35-30(25)17-29(24)34-27)19-8-10-20(11-9-19)26-18-33-14-4-3-7-31(33)32-26/h1-18,31-32H. The molecule has 2 aromatic heterocycles. The summed E-state index contributed by atoms with van der Waals surface area (Å²) in [5.41, 5.74) is 8.13. The highest BCUT2D eigenvalue weighted by Gasteiger charge is 2.21. The van der Waals surface area contributed by atoms with E-state index in [2.05, 4.69) is 95.4 Å². The summed E-state index contributed by atoms with van der Waals surface area (Å²) in [5.74, 6) is 0. The van der Waals surface area contributed by atoms with E-state index in [0.29, 0.717) is 0 Å². The van der Waals surface area contributed by atoms with Gasteiger partial charge in [0, 0.05) is 40.0 Å². The van der Waals surface area contributed by atoms with Crippen molar-refractivity contribution in [3.63, 3.8) is 0 Å². The number of rotatable bonds is 2. The molecule has 0 aliphatic carbocycles. The second-order valence-electron chi connectivity index (χ2n) is 9.14. The van der Waals surface area contributed by atoms with E-state index in [1.54, 1.807) is 0 Å². The van der Waals surface area contributed by atoms with Crippen LogP contribution in [0.25, 0.3) is 60.7 Å². The summed E-state index contributed by atoms with van der Waals surface area (Å²) in [6.07, 6.45) is 10.7. The Kier molecular flexibility index (Phi) is 3.69. The minimum absolute atomic E-state index is 0.199. The van der Waals surface area contributed by atoms with Crippen LogP contribution in [0.3, 0.4) is 0 Å². The molecule has 4 nitrogen and oxygen atoms in total. The fraction of sp³-hybridized carbons (Fsp3) is 0.0323. The van der Waals surface area contributed by atoms with E-state index in [9.17, 15) is 0 Å². The smallest absolute Gasteiger partial charge is 0.139 e. The molecule has 2 aliphatic rings. The molecule has 35 heavy (non-hydrogen) atoms. The Morgan fingerprint density at radius 2 is 1.31 bits per heavy atom. The average molecular weight is 453 g/mol. The van der Waals surface area contributed by atoms with Gasteiger partial charge in [-0.2, -0.15) is 0 Å². The minimum Gasteiger partial charge on any atom is -0.456 e. The summed E-state index contributed by atoms with van der Waals surface area (Å²) < 4.78 is 12.2. The number of hydrogen-bond acceptors (Lipinski definition) is 4. The molecule has 2 aliphatic heterocycles. The maximum atomic E-state index is 6.19. The Morgan fingerprint density at radius 1 is 0.600 bits per heavy atom. The third kappa shape index (κ3) is 2.80. The molecule has 4 heterocycles. The Labute approximate surface area is 201 Å². The first kappa shape index (κ1) is 18.7. The molecule has 0 amide bonds. The number of fused-ring (bicyclic) bond motifs is 7. The minimum atomic E-state index is 0.199. The van der Waals surface area contributed by atoms with Crippen molar-refractivity contribution in [3.05, 3.63) is 115 Å². The predicted molar refractivity (Wildman–Crippen MR) is 141 cm³/mol. The first-order valence-electron chi connectivity index (χ1n) is 11.8. The van der Waals surface area contributed by atoms with Crippen LogP contribution in [0.1, 0.15) is 5.56 Å². The highest BCUT2D eigenvalue weighted by atomic mass is 16.3. The van der Waals surface area contributed by atoms with Crippen LogP contribution < -0.4 is 5.32 Å². The zero-order valence-corrected chi connectivity index (χ0v) is 18.7. The van der Waals surface area contributed by atoms with Crippen LogP contribution in [-0.4, -0.2) is 11.1 Å². The highest BCUT2D eigenvalue weighted by molar-refractivity contribution is 6.15. The Morgan fingerprint density at radius 3 is 2.17 bits per heavy atom. The summed E-state index contributed by atoms with van der Waals surface area (Å²) in [6, 6.07) is 27.5. The predicted octanol–water partition coefficient (Wildman–Crippen LogP) is 7.77. The fourth-order valence-electron chi connectivity index (χ4n) is 5.28. The highest BCUT2D eigenvalue weighted by Crippen LogP contribution is 2.38. The molecule has 0 bridgehead atoms. The Bertz CT molecular complexity index is 1880. The lowest BCUT2D eigenvalue weighted by Gasteiger charge is -2.20. The molecule has 0 saturated carbocycles. The van der Waals surface area contributed by atoms with E-state index in [-0.39, 0.29) is 6.17 Å². The van der Waals surface area contributed by atoms with Gasteiger partial charge in [-0.15, -0.1) is 0 Å². The molecule has 1 N–H and O–H groups in total. The fourth-order valence-corrected chi connectivity index (χ4v) is 5.28. The van der Waals surface area contributed by atoms with E-state index in [4.69, 9.17) is 8.83 Å². The third-order valence-corrected chi connectivity index (χ3v) is 7.06. The van der Waals surface area contributed by atoms with Crippen molar-refractivity contribution < 1.29 is 8.83 Å². The number of para-hydroxylation sites is 1. The molecular formula is C31H20N2O2. The van der Waals surface area contributed by atoms with Crippen molar-refractivity contribution in [2.45, 2.75) is 6.17 Å². The van der Waals surface area contributed by atoms with Crippen molar-refractivity contribution in [2.24, 2.45) is 0 Å². The maximum absolute atomic E-state index is 6.19. The third-order valence-electron chi connectivity index (χ3n) is 7.06. The van der Waals surface area contributed by atoms with Crippen LogP contribution >= 0.6 is 0 Å². The van der Waals surface area contributed by atoms with Crippen molar-refractivity contribution in [3.8, 4) is 11.1 Å². The molecule has 8 rings (SSSR count). The van der Waals surface area contributed by atoms with Gasteiger partial charge in [0.2, 0.25) is 0 Å². The second kappa shape index (κ2) is 6.90. The van der Waals surface area contributed by atoms with E-state index < -0.39 is 0 Å². The van der Waals surface area contributed by atoms with Gasteiger partial charge in [0.15, 0.2) is 0 Å². The van der Waals surface area contributed by atoms with Crippen molar-refractivity contribution in [1.82, 2.24) is 10.2 Å². The summed E-state index contributed by atoms with van der Waals surface area (Å²) >= 11 is 0. The molecule has 0 fully saturated rings. The van der Waals surface area contributed by atoms with Crippen molar-refractivity contribution >= 4 is 49.6 Å². The topological polar surface area (TPSA) is 41.6 Å². The summed E-state index contributed by atoms with van der Waals surface area (Å²) in [6.45, 7) is 0. The van der Waals surface area contributed by atoms with E-state index in [1.807, 2.05) is 24.3 Å². The monoisotopic (exact) mass is 452 g/mol. The molecule has 4 heteroatoms. The number of benzene rings is 4. The lowest BCUT2D eigenvalue weighted by Crippen LogP contribution is -2.31. The van der Waals surface area contributed by atoms with E-state index in [0.717, 1.165) is 49.6 Å². The van der Waals surface area contributed by atoms with Gasteiger partial charge < -0.3 is 19.1 Å². The van der Waals surface area contributed by atoms with Gasteiger partial charge in [0.25, 0.3) is 0 Å².